The van der Waals surface area contributed by atoms with E-state index in [2.05, 4.69) is 22.2 Å². The second kappa shape index (κ2) is 10.5. The molecule has 0 aliphatic carbocycles. The highest BCUT2D eigenvalue weighted by Gasteiger charge is 2.24. The largest absolute Gasteiger partial charge is 0.352 e. The van der Waals surface area contributed by atoms with Crippen LogP contribution >= 0.6 is 0 Å². The lowest BCUT2D eigenvalue weighted by Gasteiger charge is -2.33. The zero-order valence-electron chi connectivity index (χ0n) is 17.8. The van der Waals surface area contributed by atoms with E-state index in [9.17, 15) is 17.6 Å². The van der Waals surface area contributed by atoms with Crippen molar-refractivity contribution in [1.82, 2.24) is 19.4 Å². The summed E-state index contributed by atoms with van der Waals surface area (Å²) < 4.78 is 40.8. The smallest absolute Gasteiger partial charge is 0.254 e. The molecule has 1 atom stereocenters. The van der Waals surface area contributed by atoms with Gasteiger partial charge in [-0.2, -0.15) is 4.31 Å². The molecule has 1 heterocycles. The molecule has 7 nitrogen and oxygen atoms in total. The molecule has 2 rings (SSSR count). The molecule has 1 aromatic carbocycles. The topological polar surface area (TPSA) is 73.0 Å². The summed E-state index contributed by atoms with van der Waals surface area (Å²) >= 11 is 0. The number of amides is 1. The lowest BCUT2D eigenvalue weighted by Crippen LogP contribution is -2.47. The summed E-state index contributed by atoms with van der Waals surface area (Å²) in [5.74, 6) is -1.12. The second-order valence-electron chi connectivity index (χ2n) is 7.65. The Labute approximate surface area is 173 Å². The predicted molar refractivity (Wildman–Crippen MR) is 112 cm³/mol. The highest BCUT2D eigenvalue weighted by molar-refractivity contribution is 7.89. The summed E-state index contributed by atoms with van der Waals surface area (Å²) in [6.45, 7) is 11.4. The van der Waals surface area contributed by atoms with Gasteiger partial charge < -0.3 is 15.1 Å². The molecule has 0 spiro atoms. The van der Waals surface area contributed by atoms with E-state index in [1.54, 1.807) is 13.8 Å². The summed E-state index contributed by atoms with van der Waals surface area (Å²) in [5, 5.41) is 2.75. The molecule has 1 aliphatic heterocycles. The first-order valence-electron chi connectivity index (χ1n) is 10.2. The highest BCUT2D eigenvalue weighted by atomic mass is 32.2. The van der Waals surface area contributed by atoms with Gasteiger partial charge in [-0.15, -0.1) is 0 Å². The quantitative estimate of drug-likeness (QED) is 0.645. The third-order valence-electron chi connectivity index (χ3n) is 5.30. The minimum atomic E-state index is -3.75. The molecular weight excluding hydrogens is 395 g/mol. The zero-order chi connectivity index (χ0) is 21.6. The number of piperazine rings is 1. The average molecular weight is 429 g/mol. The standard InChI is InChI=1S/C20H33FN4O3S/c1-5-25(6-2)29(27,28)17-7-8-19(21)18(13-17)20(26)22-14-16(3)15-24-11-9-23(4)10-12-24/h7-8,13,16H,5-6,9-12,14-15H2,1-4H3,(H,22,26). The number of carbonyl (C=O) groups excluding carboxylic acids is 1. The molecule has 1 saturated heterocycles. The third kappa shape index (κ3) is 6.21. The Morgan fingerprint density at radius 2 is 1.83 bits per heavy atom. The summed E-state index contributed by atoms with van der Waals surface area (Å²) in [6, 6.07) is 3.37. The van der Waals surface area contributed by atoms with Crippen molar-refractivity contribution in [2.45, 2.75) is 25.7 Å². The molecular formula is C20H33FN4O3S. The first-order chi connectivity index (χ1) is 13.7. The van der Waals surface area contributed by atoms with Gasteiger partial charge in [0.2, 0.25) is 10.0 Å². The first kappa shape index (κ1) is 23.7. The number of hydrogen-bond donors (Lipinski definition) is 1. The maximum absolute atomic E-state index is 14.2. The lowest BCUT2D eigenvalue weighted by molar-refractivity contribution is 0.0933. The van der Waals surface area contributed by atoms with Gasteiger partial charge in [-0.1, -0.05) is 20.8 Å². The number of sulfonamides is 1. The van der Waals surface area contributed by atoms with E-state index in [4.69, 9.17) is 0 Å². The molecule has 1 aromatic rings. The van der Waals surface area contributed by atoms with Crippen molar-refractivity contribution in [1.29, 1.82) is 0 Å². The fourth-order valence-electron chi connectivity index (χ4n) is 3.45. The van der Waals surface area contributed by atoms with Gasteiger partial charge in [-0.05, 0) is 31.2 Å². The van der Waals surface area contributed by atoms with Crippen molar-refractivity contribution in [3.63, 3.8) is 0 Å². The fraction of sp³-hybridized carbons (Fsp3) is 0.650. The van der Waals surface area contributed by atoms with E-state index in [-0.39, 0.29) is 16.4 Å². The first-order valence-corrected chi connectivity index (χ1v) is 11.6. The van der Waals surface area contributed by atoms with Crippen LogP contribution in [0.25, 0.3) is 0 Å². The Morgan fingerprint density at radius 1 is 1.21 bits per heavy atom. The van der Waals surface area contributed by atoms with Crippen LogP contribution in [0.15, 0.2) is 23.1 Å². The van der Waals surface area contributed by atoms with Crippen LogP contribution in [0.1, 0.15) is 31.1 Å². The third-order valence-corrected chi connectivity index (χ3v) is 7.35. The Hall–Kier alpha value is -1.55. The molecule has 0 saturated carbocycles. The second-order valence-corrected chi connectivity index (χ2v) is 9.59. The number of nitrogens with zero attached hydrogens (tertiary/aromatic N) is 3. The average Bonchev–Trinajstić information content (AvgIpc) is 2.69. The van der Waals surface area contributed by atoms with Crippen LogP contribution in [0.5, 0.6) is 0 Å². The molecule has 0 aromatic heterocycles. The van der Waals surface area contributed by atoms with Gasteiger partial charge in [0.25, 0.3) is 5.91 Å². The van der Waals surface area contributed by atoms with Crippen LogP contribution in [0.3, 0.4) is 0 Å². The van der Waals surface area contributed by atoms with Crippen LogP contribution < -0.4 is 5.32 Å². The number of rotatable bonds is 9. The highest BCUT2D eigenvalue weighted by Crippen LogP contribution is 2.19. The van der Waals surface area contributed by atoms with Crippen molar-refractivity contribution >= 4 is 15.9 Å². The summed E-state index contributed by atoms with van der Waals surface area (Å²) in [4.78, 5) is 17.1. The van der Waals surface area contributed by atoms with Gasteiger partial charge >= 0.3 is 0 Å². The number of nitrogens with one attached hydrogen (secondary N) is 1. The molecule has 1 amide bonds. The van der Waals surface area contributed by atoms with Gasteiger partial charge in [0.1, 0.15) is 5.82 Å². The van der Waals surface area contributed by atoms with E-state index in [1.165, 1.54) is 10.4 Å². The number of carbonyl (C=O) groups is 1. The predicted octanol–water partition coefficient (Wildman–Crippen LogP) is 1.47. The fourth-order valence-corrected chi connectivity index (χ4v) is 4.93. The number of benzene rings is 1. The van der Waals surface area contributed by atoms with Gasteiger partial charge in [0.15, 0.2) is 0 Å². The molecule has 1 unspecified atom stereocenters. The van der Waals surface area contributed by atoms with E-state index < -0.39 is 21.7 Å². The normalized spacial score (nSPS) is 17.4. The SMILES string of the molecule is CCN(CC)S(=O)(=O)c1ccc(F)c(C(=O)NCC(C)CN2CCN(C)CC2)c1. The Balaban J connectivity index is 2.01. The van der Waals surface area contributed by atoms with Crippen LogP contribution in [0.4, 0.5) is 4.39 Å². The maximum Gasteiger partial charge on any atom is 0.254 e. The van der Waals surface area contributed by atoms with Gasteiger partial charge in [0.05, 0.1) is 10.5 Å². The molecule has 1 N–H and O–H groups in total. The van der Waals surface area contributed by atoms with Crippen LogP contribution in [0, 0.1) is 11.7 Å². The van der Waals surface area contributed by atoms with E-state index in [0.717, 1.165) is 44.9 Å². The summed E-state index contributed by atoms with van der Waals surface area (Å²) in [5.41, 5.74) is -0.245. The summed E-state index contributed by atoms with van der Waals surface area (Å²) in [7, 11) is -1.65. The molecule has 9 heteroatoms. The van der Waals surface area contributed by atoms with Crippen LogP contribution in [-0.4, -0.2) is 87.8 Å². The van der Waals surface area contributed by atoms with Crippen LogP contribution in [-0.2, 0) is 10.0 Å². The van der Waals surface area contributed by atoms with Crippen molar-refractivity contribution in [3.05, 3.63) is 29.6 Å². The van der Waals surface area contributed by atoms with Crippen molar-refractivity contribution in [3.8, 4) is 0 Å². The van der Waals surface area contributed by atoms with E-state index in [0.29, 0.717) is 19.6 Å². The van der Waals surface area contributed by atoms with Crippen LogP contribution in [0.2, 0.25) is 0 Å². The Morgan fingerprint density at radius 3 is 2.41 bits per heavy atom. The molecule has 0 bridgehead atoms. The number of likely N-dealkylation sites (N-methyl/N-ethyl adjacent to an activating group) is 1. The number of halogens is 1. The van der Waals surface area contributed by atoms with Crippen molar-refractivity contribution in [2.24, 2.45) is 5.92 Å². The van der Waals surface area contributed by atoms with E-state index in [1.807, 2.05) is 6.92 Å². The minimum Gasteiger partial charge on any atom is -0.352 e. The molecule has 29 heavy (non-hydrogen) atoms. The molecule has 0 radical (unpaired) electrons. The Bertz CT molecular complexity index is 791. The summed E-state index contributed by atoms with van der Waals surface area (Å²) in [6.07, 6.45) is 0. The minimum absolute atomic E-state index is 0.0711. The maximum atomic E-state index is 14.2. The molecule has 164 valence electrons. The van der Waals surface area contributed by atoms with Crippen molar-refractivity contribution in [2.75, 3.05) is 59.4 Å². The zero-order valence-corrected chi connectivity index (χ0v) is 18.6. The van der Waals surface area contributed by atoms with Gasteiger partial charge in [-0.3, -0.25) is 4.79 Å². The molecule has 1 aliphatic rings. The lowest BCUT2D eigenvalue weighted by atomic mass is 10.1. The van der Waals surface area contributed by atoms with Gasteiger partial charge in [0, 0.05) is 52.4 Å². The van der Waals surface area contributed by atoms with E-state index >= 15 is 0 Å². The monoisotopic (exact) mass is 428 g/mol. The Kier molecular flexibility index (Phi) is 8.57. The number of hydrogen-bond acceptors (Lipinski definition) is 5. The van der Waals surface area contributed by atoms with Crippen molar-refractivity contribution < 1.29 is 17.6 Å². The van der Waals surface area contributed by atoms with Gasteiger partial charge in [-0.25, -0.2) is 12.8 Å². The molecule has 1 fully saturated rings.